The van der Waals surface area contributed by atoms with Crippen LogP contribution in [0.4, 0.5) is 11.4 Å². The van der Waals surface area contributed by atoms with Gasteiger partial charge >= 0.3 is 0 Å². The minimum absolute atomic E-state index is 0.690. The number of nitrogens with zero attached hydrogens (tertiary/aromatic N) is 1. The first-order chi connectivity index (χ1) is 21.2. The fourth-order valence-electron chi connectivity index (χ4n) is 7.02. The van der Waals surface area contributed by atoms with E-state index in [0.29, 0.717) is 12.2 Å². The predicted octanol–water partition coefficient (Wildman–Crippen LogP) is 9.80. The molecule has 3 nitrogen and oxygen atoms in total. The van der Waals surface area contributed by atoms with Gasteiger partial charge in [-0.1, -0.05) is 110 Å². The number of dihydropyridines is 1. The van der Waals surface area contributed by atoms with Gasteiger partial charge in [0.2, 0.25) is 0 Å². The van der Waals surface area contributed by atoms with Gasteiger partial charge in [0.05, 0.1) is 11.4 Å². The fourth-order valence-corrected chi connectivity index (χ4v) is 7.02. The van der Waals surface area contributed by atoms with Gasteiger partial charge in [0, 0.05) is 12.2 Å². The average molecular weight is 554 g/mol. The molecule has 0 atom stereocenters. The smallest absolute Gasteiger partial charge is 0.111 e. The number of nitrogen functional groups attached to an aromatic ring is 1. The number of nitrogens with one attached hydrogen (secondary N) is 1. The molecule has 206 valence electrons. The second-order valence-corrected chi connectivity index (χ2v) is 11.2. The Morgan fingerprint density at radius 2 is 1.30 bits per heavy atom. The van der Waals surface area contributed by atoms with Gasteiger partial charge in [-0.2, -0.15) is 0 Å². The summed E-state index contributed by atoms with van der Waals surface area (Å²) in [5.41, 5.74) is 16.7. The quantitative estimate of drug-likeness (QED) is 0.127. The first-order valence-corrected chi connectivity index (χ1v) is 14.8. The largest absolute Gasteiger partial charge is 0.397 e. The lowest BCUT2D eigenvalue weighted by atomic mass is 9.90. The van der Waals surface area contributed by atoms with E-state index in [9.17, 15) is 0 Å². The van der Waals surface area contributed by atoms with Gasteiger partial charge in [-0.15, -0.1) is 0 Å². The summed E-state index contributed by atoms with van der Waals surface area (Å²) < 4.78 is 0. The number of anilines is 2. The zero-order chi connectivity index (χ0) is 29.1. The molecule has 1 aliphatic carbocycles. The number of para-hydroxylation sites is 2. The Morgan fingerprint density at radius 3 is 1.95 bits per heavy atom. The molecule has 0 fully saturated rings. The van der Waals surface area contributed by atoms with E-state index in [1.165, 1.54) is 65.7 Å². The molecule has 1 heterocycles. The van der Waals surface area contributed by atoms with E-state index in [4.69, 9.17) is 5.73 Å². The van der Waals surface area contributed by atoms with Crippen LogP contribution >= 0.6 is 0 Å². The van der Waals surface area contributed by atoms with Crippen LogP contribution in [0.1, 0.15) is 12.5 Å². The Labute approximate surface area is 251 Å². The zero-order valence-electron chi connectivity index (χ0n) is 24.1. The van der Waals surface area contributed by atoms with Crippen LogP contribution in [0.25, 0.3) is 60.1 Å². The van der Waals surface area contributed by atoms with Crippen molar-refractivity contribution < 1.29 is 0 Å². The van der Waals surface area contributed by atoms with Gasteiger partial charge < -0.3 is 11.1 Å². The van der Waals surface area contributed by atoms with Crippen molar-refractivity contribution in [2.24, 2.45) is 0 Å². The molecule has 2 aliphatic rings. The van der Waals surface area contributed by atoms with Crippen molar-refractivity contribution in [3.8, 4) is 22.3 Å². The van der Waals surface area contributed by atoms with E-state index in [1.54, 1.807) is 0 Å². The number of fused-ring (bicyclic) bond motifs is 8. The SMILES string of the molecule is C=C(/C=C\C)N(C1=CC=C(c2ccc3c4c(cccc24)-c2c-3c3ccccc3c3ccccc23)CN1)c1ccccc1N. The molecule has 8 rings (SSSR count). The van der Waals surface area contributed by atoms with Crippen molar-refractivity contribution in [2.45, 2.75) is 6.92 Å². The van der Waals surface area contributed by atoms with Crippen LogP contribution in [-0.2, 0) is 0 Å². The lowest BCUT2D eigenvalue weighted by Gasteiger charge is -2.31. The third-order valence-electron chi connectivity index (χ3n) is 8.83. The van der Waals surface area contributed by atoms with E-state index >= 15 is 0 Å². The molecule has 6 aromatic rings. The lowest BCUT2D eigenvalue weighted by Crippen LogP contribution is -2.33. The van der Waals surface area contributed by atoms with E-state index in [2.05, 4.69) is 108 Å². The van der Waals surface area contributed by atoms with Gasteiger partial charge in [0.1, 0.15) is 5.82 Å². The highest BCUT2D eigenvalue weighted by molar-refractivity contribution is 6.30. The maximum absolute atomic E-state index is 6.41. The Bertz CT molecular complexity index is 2160. The Morgan fingerprint density at radius 1 is 0.698 bits per heavy atom. The van der Waals surface area contributed by atoms with E-state index in [1.807, 2.05) is 43.3 Å². The molecule has 3 N–H and O–H groups in total. The van der Waals surface area contributed by atoms with Crippen LogP contribution in [0.15, 0.2) is 146 Å². The number of hydrogen-bond acceptors (Lipinski definition) is 3. The third kappa shape index (κ3) is 3.75. The monoisotopic (exact) mass is 553 g/mol. The first-order valence-electron chi connectivity index (χ1n) is 14.8. The number of rotatable bonds is 5. The number of allylic oxidation sites excluding steroid dienone is 4. The summed E-state index contributed by atoms with van der Waals surface area (Å²) in [5, 5.41) is 11.5. The van der Waals surface area contributed by atoms with Gasteiger partial charge in [-0.05, 0) is 96.9 Å². The molecular weight excluding hydrogens is 522 g/mol. The number of hydrogen-bond donors (Lipinski definition) is 2. The molecule has 0 saturated heterocycles. The summed E-state index contributed by atoms with van der Waals surface area (Å²) in [6.07, 6.45) is 8.37. The summed E-state index contributed by atoms with van der Waals surface area (Å²) in [5.74, 6) is 0.945. The number of nitrogens with two attached hydrogens (primary N) is 1. The van der Waals surface area contributed by atoms with Crippen LogP contribution < -0.4 is 16.0 Å². The minimum atomic E-state index is 0.690. The molecule has 6 aromatic carbocycles. The summed E-state index contributed by atoms with van der Waals surface area (Å²) in [7, 11) is 0. The van der Waals surface area contributed by atoms with Gasteiger partial charge in [0.15, 0.2) is 0 Å². The van der Waals surface area contributed by atoms with Gasteiger partial charge in [-0.25, -0.2) is 0 Å². The Kier molecular flexibility index (Phi) is 5.73. The van der Waals surface area contributed by atoms with E-state index in [-0.39, 0.29) is 0 Å². The molecule has 0 saturated carbocycles. The Hall–Kier alpha value is -5.54. The predicted molar refractivity (Wildman–Crippen MR) is 185 cm³/mol. The Balaban J connectivity index is 1.29. The van der Waals surface area contributed by atoms with Crippen molar-refractivity contribution in [3.05, 3.63) is 151 Å². The molecule has 1 aliphatic heterocycles. The van der Waals surface area contributed by atoms with Crippen molar-refractivity contribution in [2.75, 3.05) is 17.2 Å². The van der Waals surface area contributed by atoms with E-state index in [0.717, 1.165) is 17.2 Å². The minimum Gasteiger partial charge on any atom is -0.397 e. The molecule has 0 spiro atoms. The summed E-state index contributed by atoms with van der Waals surface area (Å²) in [4.78, 5) is 2.09. The first kappa shape index (κ1) is 25.2. The highest BCUT2D eigenvalue weighted by Crippen LogP contribution is 2.54. The van der Waals surface area contributed by atoms with Crippen LogP contribution in [0, 0.1) is 0 Å². The molecule has 3 heteroatoms. The van der Waals surface area contributed by atoms with Crippen LogP contribution in [0.3, 0.4) is 0 Å². The van der Waals surface area contributed by atoms with Crippen molar-refractivity contribution in [1.82, 2.24) is 5.32 Å². The molecule has 0 amide bonds. The third-order valence-corrected chi connectivity index (χ3v) is 8.83. The second-order valence-electron chi connectivity index (χ2n) is 11.2. The topological polar surface area (TPSA) is 41.3 Å². The maximum Gasteiger partial charge on any atom is 0.111 e. The highest BCUT2D eigenvalue weighted by Gasteiger charge is 2.28. The summed E-state index contributed by atoms with van der Waals surface area (Å²) in [6.45, 7) is 7.01. The molecule has 0 unspecified atom stereocenters. The van der Waals surface area contributed by atoms with Crippen molar-refractivity contribution in [3.63, 3.8) is 0 Å². The lowest BCUT2D eigenvalue weighted by molar-refractivity contribution is 0.850. The van der Waals surface area contributed by atoms with Crippen LogP contribution in [0.5, 0.6) is 0 Å². The molecule has 43 heavy (non-hydrogen) atoms. The maximum atomic E-state index is 6.41. The molecule has 0 radical (unpaired) electrons. The summed E-state index contributed by atoms with van der Waals surface area (Å²) in [6, 6.07) is 37.0. The number of benzene rings is 6. The fraction of sp³-hybridized carbons (Fsp3) is 0.0500. The van der Waals surface area contributed by atoms with Crippen molar-refractivity contribution in [1.29, 1.82) is 0 Å². The average Bonchev–Trinajstić information content (AvgIpc) is 3.39. The molecular formula is C40H31N3. The standard InChI is InChI=1S/C40H31N3/c1-3-11-25(2)43(36-19-9-8-18-35(36)41)37-23-20-26(24-42-37)27-21-22-34-38-30(27)16-10-17-33(38)39-31-14-6-4-12-28(31)29-13-5-7-15-32(29)40(34)39/h3-23,42H,2,24,41H2,1H3/b11-3-. The van der Waals surface area contributed by atoms with Crippen LogP contribution in [-0.4, -0.2) is 6.54 Å². The second kappa shape index (κ2) is 9.78. The highest BCUT2D eigenvalue weighted by atomic mass is 15.3. The van der Waals surface area contributed by atoms with E-state index < -0.39 is 0 Å². The molecule has 0 bridgehead atoms. The normalized spacial score (nSPS) is 13.7. The molecule has 0 aromatic heterocycles. The summed E-state index contributed by atoms with van der Waals surface area (Å²) >= 11 is 0. The zero-order valence-corrected chi connectivity index (χ0v) is 24.1. The van der Waals surface area contributed by atoms with Crippen LogP contribution in [0.2, 0.25) is 0 Å². The van der Waals surface area contributed by atoms with Gasteiger partial charge in [-0.3, -0.25) is 4.90 Å². The van der Waals surface area contributed by atoms with Crippen molar-refractivity contribution >= 4 is 49.3 Å². The van der Waals surface area contributed by atoms with Gasteiger partial charge in [0.25, 0.3) is 0 Å².